The number of aromatic nitrogens is 2. The van der Waals surface area contributed by atoms with E-state index in [0.29, 0.717) is 5.92 Å². The van der Waals surface area contributed by atoms with E-state index in [2.05, 4.69) is 210 Å². The van der Waals surface area contributed by atoms with Gasteiger partial charge in [0.1, 0.15) is 11.4 Å². The number of allylic oxidation sites excluding steroid dienone is 4. The van der Waals surface area contributed by atoms with E-state index in [0.717, 1.165) is 39.2 Å². The normalized spacial score (nSPS) is 18.6. The van der Waals surface area contributed by atoms with Gasteiger partial charge in [0.15, 0.2) is 0 Å². The van der Waals surface area contributed by atoms with Crippen molar-refractivity contribution in [3.05, 3.63) is 223 Å². The molecule has 58 heavy (non-hydrogen) atoms. The minimum Gasteiger partial charge on any atom is -0.306 e. The number of benzene rings is 7. The van der Waals surface area contributed by atoms with Crippen LogP contribution in [0.4, 0.5) is 17.1 Å². The third kappa shape index (κ3) is 4.30. The Morgan fingerprint density at radius 2 is 1.26 bits per heavy atom. The molecule has 3 atom stereocenters. The lowest BCUT2D eigenvalue weighted by molar-refractivity contribution is 0.465. The quantitative estimate of drug-likeness (QED) is 0.178. The van der Waals surface area contributed by atoms with Crippen molar-refractivity contribution in [2.45, 2.75) is 11.3 Å². The Morgan fingerprint density at radius 3 is 2.19 bits per heavy atom. The van der Waals surface area contributed by atoms with Crippen molar-refractivity contribution in [2.24, 2.45) is 5.92 Å². The summed E-state index contributed by atoms with van der Waals surface area (Å²) in [6, 6.07) is 63.0. The molecular formula is C54H35N3S. The number of nitrogens with zero attached hydrogens (tertiary/aromatic N) is 3. The van der Waals surface area contributed by atoms with Gasteiger partial charge in [-0.3, -0.25) is 0 Å². The zero-order valence-corrected chi connectivity index (χ0v) is 32.3. The number of anilines is 3. The van der Waals surface area contributed by atoms with Crippen LogP contribution in [0.3, 0.4) is 0 Å². The Kier molecular flexibility index (Phi) is 6.64. The van der Waals surface area contributed by atoms with Gasteiger partial charge in [-0.05, 0) is 81.2 Å². The third-order valence-corrected chi connectivity index (χ3v) is 14.2. The van der Waals surface area contributed by atoms with Crippen molar-refractivity contribution < 1.29 is 0 Å². The second-order valence-electron chi connectivity index (χ2n) is 15.9. The van der Waals surface area contributed by atoms with Crippen LogP contribution in [0.2, 0.25) is 0 Å². The molecule has 3 aliphatic rings. The predicted octanol–water partition coefficient (Wildman–Crippen LogP) is 14.1. The third-order valence-electron chi connectivity index (χ3n) is 13.1. The summed E-state index contributed by atoms with van der Waals surface area (Å²) in [6.07, 6.45) is 11.6. The van der Waals surface area contributed by atoms with E-state index < -0.39 is 0 Å². The summed E-state index contributed by atoms with van der Waals surface area (Å²) in [5, 5.41) is 10.3. The molecule has 0 radical (unpaired) electrons. The summed E-state index contributed by atoms with van der Waals surface area (Å²) in [5.74, 6) is 0.546. The molecule has 3 unspecified atom stereocenters. The van der Waals surface area contributed by atoms with E-state index in [9.17, 15) is 0 Å². The van der Waals surface area contributed by atoms with Crippen molar-refractivity contribution in [2.75, 3.05) is 4.90 Å². The zero-order valence-electron chi connectivity index (χ0n) is 31.5. The van der Waals surface area contributed by atoms with Crippen LogP contribution in [0, 0.1) is 5.92 Å². The van der Waals surface area contributed by atoms with Crippen LogP contribution in [-0.2, 0) is 5.41 Å². The number of pyridine rings is 1. The smallest absolute Gasteiger partial charge is 0.117 e. The van der Waals surface area contributed by atoms with Crippen LogP contribution < -0.4 is 4.90 Å². The molecule has 4 heteroatoms. The van der Waals surface area contributed by atoms with E-state index in [4.69, 9.17) is 5.10 Å². The van der Waals surface area contributed by atoms with Crippen LogP contribution in [0.15, 0.2) is 200 Å². The average molecular weight is 758 g/mol. The Balaban J connectivity index is 1.14. The molecule has 10 aromatic rings. The molecule has 3 aliphatic carbocycles. The number of hydrogen-bond acceptors (Lipinski definition) is 3. The van der Waals surface area contributed by atoms with E-state index in [1.165, 1.54) is 58.9 Å². The molecule has 1 spiro atoms. The number of rotatable bonds is 4. The first-order valence-electron chi connectivity index (χ1n) is 20.1. The van der Waals surface area contributed by atoms with Crippen LogP contribution >= 0.6 is 11.3 Å². The highest BCUT2D eigenvalue weighted by Crippen LogP contribution is 2.65. The maximum atomic E-state index is 5.43. The van der Waals surface area contributed by atoms with Crippen molar-refractivity contribution >= 4 is 64.9 Å². The summed E-state index contributed by atoms with van der Waals surface area (Å²) in [6.45, 7) is 0. The topological polar surface area (TPSA) is 20.5 Å². The van der Waals surface area contributed by atoms with E-state index in [-0.39, 0.29) is 11.3 Å². The van der Waals surface area contributed by atoms with Crippen molar-refractivity contribution in [1.82, 2.24) is 9.61 Å². The number of hydrogen-bond donors (Lipinski definition) is 0. The van der Waals surface area contributed by atoms with Gasteiger partial charge in [0.05, 0.1) is 10.9 Å². The second-order valence-corrected chi connectivity index (χ2v) is 17.0. The summed E-state index contributed by atoms with van der Waals surface area (Å²) in [4.78, 5) is 2.50. The van der Waals surface area contributed by atoms with Crippen LogP contribution in [0.5, 0.6) is 0 Å². The lowest BCUT2D eigenvalue weighted by Gasteiger charge is -2.36. The molecule has 0 fully saturated rings. The number of thiophene rings is 1. The minimum absolute atomic E-state index is 0.248. The van der Waals surface area contributed by atoms with Crippen molar-refractivity contribution in [3.63, 3.8) is 0 Å². The first-order chi connectivity index (χ1) is 28.8. The van der Waals surface area contributed by atoms with E-state index in [1.54, 1.807) is 0 Å². The Hall–Kier alpha value is -7.01. The second kappa shape index (κ2) is 12.0. The highest BCUT2D eigenvalue weighted by Gasteiger charge is 2.57. The summed E-state index contributed by atoms with van der Waals surface area (Å²) < 4.78 is 4.68. The van der Waals surface area contributed by atoms with Gasteiger partial charge < -0.3 is 4.90 Å². The van der Waals surface area contributed by atoms with Gasteiger partial charge in [-0.15, -0.1) is 11.3 Å². The standard InChI is InChI=1S/C54H35N3S/c1-2-14-34(15-3-1)52-53(49-30-35-16-4-5-17-36(35)33-56(49)55-52)57(37-27-29-51-44(31-37)43-21-9-13-25-50(43)58-51)38-26-28-42-41-20-8-12-24-47(41)54(48(42)32-38)45-22-10-6-18-39(45)40-19-7-11-23-46(40)54/h1-33,39,45H. The van der Waals surface area contributed by atoms with E-state index in [1.807, 2.05) is 11.3 Å². The average Bonchev–Trinajstić information content (AvgIpc) is 4.01. The molecule has 7 aromatic carbocycles. The van der Waals surface area contributed by atoms with E-state index >= 15 is 0 Å². The zero-order chi connectivity index (χ0) is 38.0. The maximum absolute atomic E-state index is 5.43. The maximum Gasteiger partial charge on any atom is 0.117 e. The first kappa shape index (κ1) is 32.1. The molecule has 0 amide bonds. The molecule has 3 heterocycles. The lowest BCUT2D eigenvalue weighted by atomic mass is 9.65. The molecule has 3 aromatic heterocycles. The van der Waals surface area contributed by atoms with Crippen LogP contribution in [-0.4, -0.2) is 9.61 Å². The Morgan fingerprint density at radius 1 is 0.552 bits per heavy atom. The molecule has 0 N–H and O–H groups in total. The summed E-state index contributed by atoms with van der Waals surface area (Å²) >= 11 is 1.86. The van der Waals surface area contributed by atoms with Gasteiger partial charge in [0.2, 0.25) is 0 Å². The summed E-state index contributed by atoms with van der Waals surface area (Å²) in [5.41, 5.74) is 14.2. The highest BCUT2D eigenvalue weighted by molar-refractivity contribution is 7.25. The van der Waals surface area contributed by atoms with Crippen LogP contribution in [0.1, 0.15) is 28.2 Å². The first-order valence-corrected chi connectivity index (χ1v) is 20.9. The van der Waals surface area contributed by atoms with Crippen LogP contribution in [0.25, 0.3) is 58.8 Å². The molecule has 0 saturated carbocycles. The fourth-order valence-corrected chi connectivity index (χ4v) is 11.8. The molecule has 0 bridgehead atoms. The van der Waals surface area contributed by atoms with Gasteiger partial charge in [-0.25, -0.2) is 4.52 Å². The summed E-state index contributed by atoms with van der Waals surface area (Å²) in [7, 11) is 0. The number of fused-ring (bicyclic) bond motifs is 15. The van der Waals surface area contributed by atoms with Gasteiger partial charge in [-0.2, -0.15) is 5.10 Å². The minimum atomic E-state index is -0.344. The molecule has 3 nitrogen and oxygen atoms in total. The molecule has 13 rings (SSSR count). The largest absolute Gasteiger partial charge is 0.306 e. The highest BCUT2D eigenvalue weighted by atomic mass is 32.1. The van der Waals surface area contributed by atoms with Gasteiger partial charge >= 0.3 is 0 Å². The molecule has 272 valence electrons. The SMILES string of the molecule is C1=CC2c3ccccc3C3(c4ccccc4-c4ccc(N(c5ccc6sc7ccccc7c6c5)c5c(-c6ccccc6)nn6cc7ccccc7cc56)cc43)C2C=C1. The predicted molar refractivity (Wildman–Crippen MR) is 242 cm³/mol. The molecule has 0 aliphatic heterocycles. The fourth-order valence-electron chi connectivity index (χ4n) is 10.7. The van der Waals surface area contributed by atoms with Gasteiger partial charge in [-0.1, -0.05) is 152 Å². The van der Waals surface area contributed by atoms with Gasteiger partial charge in [0.25, 0.3) is 0 Å². The van der Waals surface area contributed by atoms with Gasteiger partial charge in [0, 0.05) is 60.5 Å². The van der Waals surface area contributed by atoms with Crippen molar-refractivity contribution in [3.8, 4) is 22.4 Å². The monoisotopic (exact) mass is 757 g/mol. The lowest BCUT2D eigenvalue weighted by Crippen LogP contribution is -2.33. The molecular weight excluding hydrogens is 723 g/mol. The Bertz CT molecular complexity index is 3390. The van der Waals surface area contributed by atoms with Crippen molar-refractivity contribution in [1.29, 1.82) is 0 Å². The molecule has 0 saturated heterocycles. The Labute approximate surface area is 340 Å². The fraction of sp³-hybridized carbons (Fsp3) is 0.0556.